The molecule has 2 N–H and O–H groups in total. The summed E-state index contributed by atoms with van der Waals surface area (Å²) in [4.78, 5) is 29.4. The fraction of sp³-hybridized carbons (Fsp3) is 0.0606. The first-order valence-electron chi connectivity index (χ1n) is 12.9. The predicted molar refractivity (Wildman–Crippen MR) is 152 cm³/mol. The van der Waals surface area contributed by atoms with E-state index < -0.39 is 23.5 Å². The molecule has 6 aromatic rings. The lowest BCUT2D eigenvalue weighted by atomic mass is 10.0. The number of nitrogens with zero attached hydrogens (tertiary/aromatic N) is 2. The van der Waals surface area contributed by atoms with E-state index in [1.54, 1.807) is 35.1 Å². The third-order valence-corrected chi connectivity index (χ3v) is 7.03. The molecule has 2 heterocycles. The van der Waals surface area contributed by atoms with Crippen molar-refractivity contribution in [2.45, 2.75) is 13.0 Å². The second-order valence-electron chi connectivity index (χ2n) is 9.76. The van der Waals surface area contributed by atoms with Gasteiger partial charge >= 0.3 is 5.97 Å². The summed E-state index contributed by atoms with van der Waals surface area (Å²) in [5, 5.41) is 14.2. The monoisotopic (exact) mass is 547 g/mol. The summed E-state index contributed by atoms with van der Waals surface area (Å²) in [5.74, 6) is -2.69. The molecule has 4 aromatic carbocycles. The van der Waals surface area contributed by atoms with E-state index in [0.717, 1.165) is 34.5 Å². The van der Waals surface area contributed by atoms with E-state index in [1.165, 1.54) is 12.1 Å². The third-order valence-electron chi connectivity index (χ3n) is 7.03. The first-order valence-corrected chi connectivity index (χ1v) is 12.9. The van der Waals surface area contributed by atoms with Crippen LogP contribution in [0.1, 0.15) is 37.5 Å². The molecule has 8 heteroatoms. The van der Waals surface area contributed by atoms with Crippen molar-refractivity contribution in [2.24, 2.45) is 0 Å². The first-order chi connectivity index (χ1) is 19.9. The maximum Gasteiger partial charge on any atom is 0.335 e. The smallest absolute Gasteiger partial charge is 0.335 e. The standard InChI is InChI=1S/C33H23F2N3O3/c34-26-11-12-29(35)27(16-26)25-15-28(32(39)36-17-20-5-9-23(10-6-20)33(40)41)31-30(37-19-38(31)18-25)14-21-7-8-22-3-1-2-4-24(22)13-21/h1-13,15-16,18-19H,14,17H2,(H,36,39)(H,40,41). The second-order valence-corrected chi connectivity index (χ2v) is 9.76. The number of imidazole rings is 1. The van der Waals surface area contributed by atoms with Crippen LogP contribution in [0.4, 0.5) is 8.78 Å². The zero-order valence-electron chi connectivity index (χ0n) is 21.6. The Morgan fingerprint density at radius 2 is 1.61 bits per heavy atom. The first kappa shape index (κ1) is 25.9. The Labute approximate surface area is 233 Å². The van der Waals surface area contributed by atoms with Crippen LogP contribution in [0.25, 0.3) is 27.4 Å². The van der Waals surface area contributed by atoms with Gasteiger partial charge in [-0.15, -0.1) is 0 Å². The molecule has 41 heavy (non-hydrogen) atoms. The minimum Gasteiger partial charge on any atom is -0.478 e. The number of benzene rings is 4. The Kier molecular flexibility index (Phi) is 6.73. The van der Waals surface area contributed by atoms with Crippen LogP contribution in [0, 0.1) is 11.6 Å². The molecule has 0 aliphatic carbocycles. The molecular weight excluding hydrogens is 524 g/mol. The number of aromatic nitrogens is 2. The molecule has 2 aromatic heterocycles. The molecule has 0 unspecified atom stereocenters. The molecule has 0 saturated carbocycles. The maximum absolute atomic E-state index is 14.7. The Morgan fingerprint density at radius 3 is 2.39 bits per heavy atom. The molecule has 0 atom stereocenters. The number of hydrogen-bond acceptors (Lipinski definition) is 3. The van der Waals surface area contributed by atoms with Crippen LogP contribution in [0.3, 0.4) is 0 Å². The van der Waals surface area contributed by atoms with Crippen molar-refractivity contribution < 1.29 is 23.5 Å². The molecule has 0 bridgehead atoms. The Morgan fingerprint density at radius 1 is 0.854 bits per heavy atom. The van der Waals surface area contributed by atoms with E-state index in [2.05, 4.69) is 16.4 Å². The summed E-state index contributed by atoms with van der Waals surface area (Å²) in [6.07, 6.45) is 3.64. The molecular formula is C33H23F2N3O3. The van der Waals surface area contributed by atoms with Gasteiger partial charge in [-0.3, -0.25) is 4.79 Å². The van der Waals surface area contributed by atoms with E-state index in [9.17, 15) is 18.4 Å². The molecule has 202 valence electrons. The minimum atomic E-state index is -1.04. The van der Waals surface area contributed by atoms with E-state index in [4.69, 9.17) is 5.11 Å². The van der Waals surface area contributed by atoms with Crippen molar-refractivity contribution >= 4 is 28.2 Å². The fourth-order valence-electron chi connectivity index (χ4n) is 4.96. The SMILES string of the molecule is O=C(O)c1ccc(CNC(=O)c2cc(-c3cc(F)ccc3F)cn3cnc(Cc4ccc5ccccc5c4)c23)cc1. The average molecular weight is 548 g/mol. The van der Waals surface area contributed by atoms with Crippen LogP contribution in [0.5, 0.6) is 0 Å². The molecule has 6 rings (SSSR count). The lowest BCUT2D eigenvalue weighted by molar-refractivity contribution is 0.0696. The molecule has 0 aliphatic heterocycles. The third kappa shape index (κ3) is 5.27. The number of aromatic carboxylic acids is 1. The quantitative estimate of drug-likeness (QED) is 0.234. The van der Waals surface area contributed by atoms with Crippen molar-refractivity contribution in [3.8, 4) is 11.1 Å². The van der Waals surface area contributed by atoms with Crippen LogP contribution < -0.4 is 5.32 Å². The lowest BCUT2D eigenvalue weighted by Gasteiger charge is -2.12. The topological polar surface area (TPSA) is 83.7 Å². The van der Waals surface area contributed by atoms with Gasteiger partial charge in [-0.25, -0.2) is 18.6 Å². The molecule has 0 spiro atoms. The average Bonchev–Trinajstić information content (AvgIpc) is 3.39. The van der Waals surface area contributed by atoms with Crippen molar-refractivity contribution in [2.75, 3.05) is 0 Å². The van der Waals surface area contributed by atoms with Gasteiger partial charge in [0.05, 0.1) is 28.7 Å². The normalized spacial score (nSPS) is 11.2. The Bertz CT molecular complexity index is 1950. The molecule has 0 fully saturated rings. The van der Waals surface area contributed by atoms with E-state index in [-0.39, 0.29) is 23.2 Å². The largest absolute Gasteiger partial charge is 0.478 e. The number of carboxylic acids is 1. The molecule has 0 aliphatic rings. The fourth-order valence-corrected chi connectivity index (χ4v) is 4.96. The Balaban J connectivity index is 1.40. The number of amides is 1. The Hall–Kier alpha value is -5.37. The van der Waals surface area contributed by atoms with E-state index in [1.807, 2.05) is 36.4 Å². The number of rotatable bonds is 7. The number of nitrogens with one attached hydrogen (secondary N) is 1. The molecule has 0 saturated heterocycles. The van der Waals surface area contributed by atoms with Gasteiger partial charge < -0.3 is 14.8 Å². The van der Waals surface area contributed by atoms with Crippen molar-refractivity contribution in [3.05, 3.63) is 143 Å². The molecule has 1 amide bonds. The highest BCUT2D eigenvalue weighted by atomic mass is 19.1. The van der Waals surface area contributed by atoms with Crippen LogP contribution in [0.2, 0.25) is 0 Å². The van der Waals surface area contributed by atoms with Crippen molar-refractivity contribution in [1.29, 1.82) is 0 Å². The summed E-state index contributed by atoms with van der Waals surface area (Å²) in [6.45, 7) is 0.136. The number of carbonyl (C=O) groups excluding carboxylic acids is 1. The zero-order chi connectivity index (χ0) is 28.5. The second kappa shape index (κ2) is 10.7. The minimum absolute atomic E-state index is 0.0231. The number of halogens is 2. The van der Waals surface area contributed by atoms with Gasteiger partial charge in [0.15, 0.2) is 0 Å². The van der Waals surface area contributed by atoms with Crippen molar-refractivity contribution in [3.63, 3.8) is 0 Å². The summed E-state index contributed by atoms with van der Waals surface area (Å²) in [7, 11) is 0. The lowest BCUT2D eigenvalue weighted by Crippen LogP contribution is -2.23. The highest BCUT2D eigenvalue weighted by Gasteiger charge is 2.19. The van der Waals surface area contributed by atoms with Gasteiger partial charge in [-0.2, -0.15) is 0 Å². The van der Waals surface area contributed by atoms with Crippen molar-refractivity contribution in [1.82, 2.24) is 14.7 Å². The number of carbonyl (C=O) groups is 2. The summed E-state index contributed by atoms with van der Waals surface area (Å²) < 4.78 is 30.4. The highest BCUT2D eigenvalue weighted by molar-refractivity contribution is 6.02. The summed E-state index contributed by atoms with van der Waals surface area (Å²) in [6, 6.07) is 25.1. The van der Waals surface area contributed by atoms with Gasteiger partial charge in [0.1, 0.15) is 11.6 Å². The maximum atomic E-state index is 14.7. The van der Waals surface area contributed by atoms with Gasteiger partial charge in [-0.1, -0.05) is 54.6 Å². The van der Waals surface area contributed by atoms with E-state index >= 15 is 0 Å². The van der Waals surface area contributed by atoms with Gasteiger partial charge in [0.2, 0.25) is 0 Å². The van der Waals surface area contributed by atoms with Gasteiger partial charge in [-0.05, 0) is 58.3 Å². The number of fused-ring (bicyclic) bond motifs is 2. The highest BCUT2D eigenvalue weighted by Crippen LogP contribution is 2.29. The predicted octanol–water partition coefficient (Wildman–Crippen LogP) is 6.65. The number of hydrogen-bond donors (Lipinski definition) is 2. The summed E-state index contributed by atoms with van der Waals surface area (Å²) in [5.41, 5.74) is 3.66. The van der Waals surface area contributed by atoms with Crippen LogP contribution in [-0.2, 0) is 13.0 Å². The van der Waals surface area contributed by atoms with Crippen LogP contribution >= 0.6 is 0 Å². The van der Waals surface area contributed by atoms with E-state index in [0.29, 0.717) is 28.8 Å². The number of carboxylic acid groups (broad SMARTS) is 1. The number of pyridine rings is 1. The van der Waals surface area contributed by atoms with Gasteiger partial charge in [0.25, 0.3) is 5.91 Å². The molecule has 0 radical (unpaired) electrons. The van der Waals surface area contributed by atoms with Crippen LogP contribution in [0.15, 0.2) is 104 Å². The van der Waals surface area contributed by atoms with Gasteiger partial charge in [0, 0.05) is 30.3 Å². The molecule has 6 nitrogen and oxygen atoms in total. The van der Waals surface area contributed by atoms with Crippen LogP contribution in [-0.4, -0.2) is 26.4 Å². The zero-order valence-corrected chi connectivity index (χ0v) is 21.6. The summed E-state index contributed by atoms with van der Waals surface area (Å²) >= 11 is 0.